The number of rotatable bonds is 9. The van der Waals surface area contributed by atoms with Gasteiger partial charge in [0.25, 0.3) is 5.91 Å². The molecule has 0 aliphatic rings. The van der Waals surface area contributed by atoms with Gasteiger partial charge in [-0.1, -0.05) is 24.3 Å². The first-order valence-corrected chi connectivity index (χ1v) is 12.8. The molecular formula is C30H35N5O4. The monoisotopic (exact) mass is 529 g/mol. The van der Waals surface area contributed by atoms with E-state index in [0.717, 1.165) is 39.0 Å². The summed E-state index contributed by atoms with van der Waals surface area (Å²) in [5.41, 5.74) is 5.15. The molecule has 0 fully saturated rings. The average Bonchev–Trinajstić information content (AvgIpc) is 3.36. The average molecular weight is 530 g/mol. The van der Waals surface area contributed by atoms with Crippen LogP contribution in [0.3, 0.4) is 0 Å². The molecule has 9 heteroatoms. The zero-order valence-corrected chi connectivity index (χ0v) is 23.2. The first kappa shape index (κ1) is 27.7. The number of hydrogen-bond donors (Lipinski definition) is 2. The Kier molecular flexibility index (Phi) is 8.51. The third kappa shape index (κ3) is 5.88. The van der Waals surface area contributed by atoms with Crippen LogP contribution in [0.15, 0.2) is 60.9 Å². The number of hydrogen-bond acceptors (Lipinski definition) is 5. The van der Waals surface area contributed by atoms with Crippen LogP contribution in [-0.2, 0) is 4.74 Å². The van der Waals surface area contributed by atoms with Crippen LogP contribution < -0.4 is 10.1 Å². The lowest BCUT2D eigenvalue weighted by Gasteiger charge is -2.27. The molecule has 0 radical (unpaired) electrons. The minimum absolute atomic E-state index is 0.0380. The van der Waals surface area contributed by atoms with Crippen LogP contribution >= 0.6 is 0 Å². The molecule has 0 spiro atoms. The van der Waals surface area contributed by atoms with E-state index in [0.29, 0.717) is 24.4 Å². The van der Waals surface area contributed by atoms with Crippen molar-refractivity contribution < 1.29 is 19.1 Å². The van der Waals surface area contributed by atoms with Gasteiger partial charge in [0.1, 0.15) is 11.4 Å². The summed E-state index contributed by atoms with van der Waals surface area (Å²) >= 11 is 0. The molecule has 0 aliphatic carbocycles. The predicted octanol–water partition coefficient (Wildman–Crippen LogP) is 5.50. The van der Waals surface area contributed by atoms with Gasteiger partial charge in [0.05, 0.1) is 25.0 Å². The van der Waals surface area contributed by atoms with Crippen LogP contribution in [0, 0.1) is 0 Å². The zero-order chi connectivity index (χ0) is 28.1. The molecule has 204 valence electrons. The van der Waals surface area contributed by atoms with Gasteiger partial charge in [-0.25, -0.2) is 9.78 Å². The topological polar surface area (TPSA) is 99.8 Å². The van der Waals surface area contributed by atoms with Gasteiger partial charge in [-0.2, -0.15) is 0 Å². The number of para-hydroxylation sites is 1. The van der Waals surface area contributed by atoms with Crippen LogP contribution in [-0.4, -0.2) is 79.2 Å². The van der Waals surface area contributed by atoms with E-state index in [4.69, 9.17) is 9.47 Å². The lowest BCUT2D eigenvalue weighted by Crippen LogP contribution is -2.42. The van der Waals surface area contributed by atoms with Crippen LogP contribution in [0.1, 0.15) is 24.2 Å². The molecule has 4 aromatic rings. The minimum atomic E-state index is -0.292. The van der Waals surface area contributed by atoms with Crippen LogP contribution in [0.5, 0.6) is 5.75 Å². The summed E-state index contributed by atoms with van der Waals surface area (Å²) in [6.45, 7) is 4.73. The highest BCUT2D eigenvalue weighted by Gasteiger charge is 2.21. The smallest absolute Gasteiger partial charge is 0.322 e. The third-order valence-electron chi connectivity index (χ3n) is 6.58. The molecule has 0 unspecified atom stereocenters. The van der Waals surface area contributed by atoms with E-state index < -0.39 is 0 Å². The fourth-order valence-corrected chi connectivity index (χ4v) is 4.47. The number of benzene rings is 2. The second kappa shape index (κ2) is 12.0. The van der Waals surface area contributed by atoms with E-state index in [-0.39, 0.29) is 18.0 Å². The largest absolute Gasteiger partial charge is 0.496 e. The van der Waals surface area contributed by atoms with E-state index in [1.165, 1.54) is 4.90 Å². The van der Waals surface area contributed by atoms with Crippen molar-refractivity contribution in [2.24, 2.45) is 0 Å². The number of H-pyrrole nitrogens is 1. The Hall–Kier alpha value is -4.37. The number of anilines is 1. The van der Waals surface area contributed by atoms with Gasteiger partial charge in [-0.3, -0.25) is 4.79 Å². The molecule has 9 nitrogen and oxygen atoms in total. The molecule has 0 saturated carbocycles. The normalized spacial score (nSPS) is 11.1. The second-order valence-electron chi connectivity index (χ2n) is 9.69. The Morgan fingerprint density at radius 3 is 2.49 bits per heavy atom. The number of amides is 3. The number of aromatic amines is 1. The number of methoxy groups -OCH3 is 2. The van der Waals surface area contributed by atoms with E-state index in [1.54, 1.807) is 51.5 Å². The maximum Gasteiger partial charge on any atom is 0.322 e. The maximum absolute atomic E-state index is 13.2. The number of fused-ring (bicyclic) bond motifs is 1. The van der Waals surface area contributed by atoms with E-state index in [2.05, 4.69) is 15.3 Å². The molecule has 0 aliphatic heterocycles. The van der Waals surface area contributed by atoms with Gasteiger partial charge in [0.2, 0.25) is 0 Å². The van der Waals surface area contributed by atoms with Gasteiger partial charge >= 0.3 is 6.03 Å². The van der Waals surface area contributed by atoms with Gasteiger partial charge in [-0.05, 0) is 43.7 Å². The summed E-state index contributed by atoms with van der Waals surface area (Å²) in [5, 5.41) is 3.86. The summed E-state index contributed by atoms with van der Waals surface area (Å²) in [6, 6.07) is 15.0. The quantitative estimate of drug-likeness (QED) is 0.298. The number of aromatic nitrogens is 2. The molecule has 2 aromatic carbocycles. The molecular weight excluding hydrogens is 494 g/mol. The fraction of sp³-hybridized carbons (Fsp3) is 0.300. The van der Waals surface area contributed by atoms with Crippen molar-refractivity contribution in [1.29, 1.82) is 0 Å². The molecule has 2 N–H and O–H groups in total. The maximum atomic E-state index is 13.2. The Morgan fingerprint density at radius 2 is 1.79 bits per heavy atom. The van der Waals surface area contributed by atoms with Crippen molar-refractivity contribution in [3.8, 4) is 28.0 Å². The van der Waals surface area contributed by atoms with E-state index in [1.807, 2.05) is 56.4 Å². The Bertz CT molecular complexity index is 1480. The van der Waals surface area contributed by atoms with E-state index in [9.17, 15) is 9.59 Å². The van der Waals surface area contributed by atoms with Gasteiger partial charge in [0.15, 0.2) is 0 Å². The standard InChI is InChI=1S/C30H35N5O4/c1-19(2)35(13-14-38-5)30(37)33-26-12-11-20(15-24(26)29(36)34(3)4)21-16-23-25(18-32-28(23)31-17-21)22-9-7-8-10-27(22)39-6/h7-12,15-19H,13-14H2,1-6H3,(H,31,32)(H,33,37). The van der Waals surface area contributed by atoms with Crippen LogP contribution in [0.2, 0.25) is 0 Å². The molecule has 39 heavy (non-hydrogen) atoms. The number of carbonyl (C=O) groups is 2. The first-order chi connectivity index (χ1) is 18.7. The fourth-order valence-electron chi connectivity index (χ4n) is 4.47. The molecule has 0 saturated heterocycles. The number of carbonyl (C=O) groups excluding carboxylic acids is 2. The number of urea groups is 1. The number of pyridine rings is 1. The van der Waals surface area contributed by atoms with Gasteiger partial charge in [-0.15, -0.1) is 0 Å². The van der Waals surface area contributed by atoms with Crippen molar-refractivity contribution in [2.45, 2.75) is 19.9 Å². The summed E-state index contributed by atoms with van der Waals surface area (Å²) < 4.78 is 10.7. The first-order valence-electron chi connectivity index (χ1n) is 12.8. The van der Waals surface area contributed by atoms with Crippen LogP contribution in [0.25, 0.3) is 33.3 Å². The van der Waals surface area contributed by atoms with Gasteiger partial charge < -0.3 is 29.6 Å². The highest BCUT2D eigenvalue weighted by Crippen LogP contribution is 2.36. The molecule has 0 atom stereocenters. The number of nitrogens with one attached hydrogen (secondary N) is 2. The zero-order valence-electron chi connectivity index (χ0n) is 23.2. The SMILES string of the molecule is COCCN(C(=O)Nc1ccc(-c2cnc3[nH]cc(-c4ccccc4OC)c3c2)cc1C(=O)N(C)C)C(C)C. The summed E-state index contributed by atoms with van der Waals surface area (Å²) in [5.74, 6) is 0.550. The highest BCUT2D eigenvalue weighted by atomic mass is 16.5. The highest BCUT2D eigenvalue weighted by molar-refractivity contribution is 6.05. The van der Waals surface area contributed by atoms with Crippen LogP contribution in [0.4, 0.5) is 10.5 Å². The Balaban J connectivity index is 1.74. The minimum Gasteiger partial charge on any atom is -0.496 e. The number of nitrogens with zero attached hydrogens (tertiary/aromatic N) is 3. The van der Waals surface area contributed by atoms with Crippen molar-refractivity contribution in [3.63, 3.8) is 0 Å². The van der Waals surface area contributed by atoms with E-state index >= 15 is 0 Å². The molecule has 2 aromatic heterocycles. The predicted molar refractivity (Wildman–Crippen MR) is 154 cm³/mol. The van der Waals surface area contributed by atoms with Crippen molar-refractivity contribution in [2.75, 3.05) is 46.8 Å². The van der Waals surface area contributed by atoms with Crippen molar-refractivity contribution >= 4 is 28.7 Å². The summed E-state index contributed by atoms with van der Waals surface area (Å²) in [4.78, 5) is 37.3. The summed E-state index contributed by atoms with van der Waals surface area (Å²) in [6.07, 6.45) is 3.69. The van der Waals surface area contributed by atoms with Crippen molar-refractivity contribution in [3.05, 3.63) is 66.5 Å². The summed E-state index contributed by atoms with van der Waals surface area (Å²) in [7, 11) is 6.63. The molecule has 2 heterocycles. The second-order valence-corrected chi connectivity index (χ2v) is 9.69. The lowest BCUT2D eigenvalue weighted by molar-refractivity contribution is 0.0828. The third-order valence-corrected chi connectivity index (χ3v) is 6.58. The Morgan fingerprint density at radius 1 is 1.03 bits per heavy atom. The lowest BCUT2D eigenvalue weighted by atomic mass is 9.99. The molecule has 3 amide bonds. The molecule has 4 rings (SSSR count). The van der Waals surface area contributed by atoms with Crippen molar-refractivity contribution in [1.82, 2.24) is 19.8 Å². The Labute approximate surface area is 228 Å². The molecule has 0 bridgehead atoms. The number of ether oxygens (including phenoxy) is 2. The van der Waals surface area contributed by atoms with Gasteiger partial charge in [0, 0.05) is 68.3 Å².